The Bertz CT molecular complexity index is 1290. The van der Waals surface area contributed by atoms with Crippen LogP contribution in [-0.4, -0.2) is 68.0 Å². The number of aliphatic hydroxyl groups excluding tert-OH is 1. The summed E-state index contributed by atoms with van der Waals surface area (Å²) in [6.07, 6.45) is 4.72. The van der Waals surface area contributed by atoms with E-state index in [1.165, 1.54) is 24.5 Å². The number of fused-ring (bicyclic) bond motifs is 1. The third kappa shape index (κ3) is 6.16. The van der Waals surface area contributed by atoms with Gasteiger partial charge in [-0.05, 0) is 52.0 Å². The molecule has 1 aromatic carbocycles. The lowest BCUT2D eigenvalue weighted by Crippen LogP contribution is -2.40. The van der Waals surface area contributed by atoms with E-state index in [9.17, 15) is 9.50 Å². The van der Waals surface area contributed by atoms with Crippen LogP contribution in [-0.2, 0) is 13.0 Å². The SMILES string of the molecule is CC(C)N(C(C)C)C(O)c1cc(F)ccc1Oc1nncnc1N1CCC(Oc2ccnc3c2CNCC3)CC1. The number of aliphatic hydroxyl groups is 1. The zero-order valence-corrected chi connectivity index (χ0v) is 23.5. The summed E-state index contributed by atoms with van der Waals surface area (Å²) < 4.78 is 26.9. The van der Waals surface area contributed by atoms with Crippen molar-refractivity contribution < 1.29 is 19.0 Å². The number of aromatic nitrogens is 4. The summed E-state index contributed by atoms with van der Waals surface area (Å²) in [6, 6.07) is 6.12. The molecule has 2 N–H and O–H groups in total. The summed E-state index contributed by atoms with van der Waals surface area (Å²) in [5.74, 6) is 1.51. The van der Waals surface area contributed by atoms with E-state index in [0.29, 0.717) is 30.2 Å². The molecule has 0 aliphatic carbocycles. The Balaban J connectivity index is 1.31. The number of anilines is 1. The van der Waals surface area contributed by atoms with Crippen molar-refractivity contribution in [3.63, 3.8) is 0 Å². The lowest BCUT2D eigenvalue weighted by Gasteiger charge is -2.36. The number of nitrogens with one attached hydrogen (secondary N) is 1. The smallest absolute Gasteiger partial charge is 0.282 e. The summed E-state index contributed by atoms with van der Waals surface area (Å²) in [5.41, 5.74) is 2.58. The molecule has 4 heterocycles. The van der Waals surface area contributed by atoms with E-state index in [0.717, 1.165) is 49.4 Å². The summed E-state index contributed by atoms with van der Waals surface area (Å²) in [5, 5.41) is 22.8. The minimum atomic E-state index is -1.07. The molecule has 0 saturated carbocycles. The van der Waals surface area contributed by atoms with Gasteiger partial charge in [0.1, 0.15) is 36.0 Å². The van der Waals surface area contributed by atoms with Gasteiger partial charge < -0.3 is 24.8 Å². The molecule has 10 nitrogen and oxygen atoms in total. The molecule has 214 valence electrons. The van der Waals surface area contributed by atoms with E-state index < -0.39 is 12.0 Å². The molecule has 40 heavy (non-hydrogen) atoms. The number of hydrogen-bond donors (Lipinski definition) is 2. The molecular weight excluding hydrogens is 513 g/mol. The standard InChI is InChI=1S/C29H38FN7O3/c1-18(2)37(19(3)4)29(38)22-15-20(30)5-6-25(22)40-28-27(33-17-34-35-28)36-13-9-21(10-14-36)39-26-8-12-32-24-7-11-31-16-23(24)26/h5-6,8,12,15,17-19,21,29,31,38H,7,9-11,13-14,16H2,1-4H3. The van der Waals surface area contributed by atoms with Crippen molar-refractivity contribution in [2.75, 3.05) is 24.5 Å². The van der Waals surface area contributed by atoms with Crippen molar-refractivity contribution in [3.05, 3.63) is 59.4 Å². The number of rotatable bonds is 9. The highest BCUT2D eigenvalue weighted by Gasteiger charge is 2.29. The third-order valence-electron chi connectivity index (χ3n) is 7.48. The zero-order chi connectivity index (χ0) is 28.2. The van der Waals surface area contributed by atoms with Crippen LogP contribution in [0.3, 0.4) is 0 Å². The average Bonchev–Trinajstić information content (AvgIpc) is 2.94. The number of nitrogens with zero attached hydrogens (tertiary/aromatic N) is 6. The molecule has 2 aliphatic heterocycles. The molecule has 1 unspecified atom stereocenters. The second-order valence-corrected chi connectivity index (χ2v) is 10.8. The van der Waals surface area contributed by atoms with E-state index in [1.54, 1.807) is 0 Å². The van der Waals surface area contributed by atoms with Crippen LogP contribution in [0.1, 0.15) is 63.6 Å². The highest BCUT2D eigenvalue weighted by atomic mass is 19.1. The fourth-order valence-corrected chi connectivity index (χ4v) is 5.60. The Kier molecular flexibility index (Phi) is 8.72. The summed E-state index contributed by atoms with van der Waals surface area (Å²) in [6.45, 7) is 11.0. The number of hydrogen-bond acceptors (Lipinski definition) is 10. The Morgan fingerprint density at radius 2 is 1.85 bits per heavy atom. The van der Waals surface area contributed by atoms with Gasteiger partial charge in [0.05, 0.1) is 0 Å². The second kappa shape index (κ2) is 12.4. The monoisotopic (exact) mass is 551 g/mol. The summed E-state index contributed by atoms with van der Waals surface area (Å²) >= 11 is 0. The van der Waals surface area contributed by atoms with Crippen molar-refractivity contribution in [1.82, 2.24) is 30.4 Å². The van der Waals surface area contributed by atoms with Crippen LogP contribution >= 0.6 is 0 Å². The lowest BCUT2D eigenvalue weighted by molar-refractivity contribution is -0.0406. The topological polar surface area (TPSA) is 109 Å². The first-order chi connectivity index (χ1) is 19.3. The van der Waals surface area contributed by atoms with Crippen LogP contribution in [0.15, 0.2) is 36.8 Å². The van der Waals surface area contributed by atoms with Gasteiger partial charge >= 0.3 is 0 Å². The Morgan fingerprint density at radius 1 is 1.07 bits per heavy atom. The molecule has 0 spiro atoms. The molecule has 3 aromatic rings. The average molecular weight is 552 g/mol. The molecule has 2 aliphatic rings. The Hall–Kier alpha value is -3.41. The zero-order valence-electron chi connectivity index (χ0n) is 23.5. The minimum Gasteiger partial charge on any atom is -0.490 e. The van der Waals surface area contributed by atoms with E-state index in [2.05, 4.69) is 30.4 Å². The minimum absolute atomic E-state index is 0.0253. The van der Waals surface area contributed by atoms with Crippen LogP contribution in [0.4, 0.5) is 10.2 Å². The van der Waals surface area contributed by atoms with Gasteiger partial charge in [0.25, 0.3) is 5.88 Å². The van der Waals surface area contributed by atoms with Crippen molar-refractivity contribution in [1.29, 1.82) is 0 Å². The van der Waals surface area contributed by atoms with Gasteiger partial charge in [-0.1, -0.05) is 0 Å². The normalized spacial score (nSPS) is 16.9. The molecule has 11 heteroatoms. The van der Waals surface area contributed by atoms with Gasteiger partial charge in [0.2, 0.25) is 0 Å². The maximum atomic E-state index is 14.3. The van der Waals surface area contributed by atoms with Crippen LogP contribution in [0.5, 0.6) is 17.4 Å². The van der Waals surface area contributed by atoms with Crippen molar-refractivity contribution in [2.24, 2.45) is 0 Å². The number of ether oxygens (including phenoxy) is 2. The highest BCUT2D eigenvalue weighted by Crippen LogP contribution is 2.36. The number of benzene rings is 1. The van der Waals surface area contributed by atoms with Crippen molar-refractivity contribution in [2.45, 2.75) is 77.9 Å². The van der Waals surface area contributed by atoms with E-state index >= 15 is 0 Å². The van der Waals surface area contributed by atoms with Crippen LogP contribution in [0, 0.1) is 5.82 Å². The van der Waals surface area contributed by atoms with E-state index in [4.69, 9.17) is 9.47 Å². The largest absolute Gasteiger partial charge is 0.490 e. The maximum absolute atomic E-state index is 14.3. The number of piperidine rings is 1. The molecule has 1 atom stereocenters. The molecule has 0 amide bonds. The molecule has 2 aromatic heterocycles. The first-order valence-electron chi connectivity index (χ1n) is 14.0. The van der Waals surface area contributed by atoms with E-state index in [1.807, 2.05) is 44.9 Å². The van der Waals surface area contributed by atoms with Gasteiger partial charge in [0, 0.05) is 80.5 Å². The number of halogens is 1. The van der Waals surface area contributed by atoms with Crippen molar-refractivity contribution in [3.8, 4) is 17.4 Å². The number of pyridine rings is 1. The molecule has 1 fully saturated rings. The molecule has 0 radical (unpaired) electrons. The molecule has 0 bridgehead atoms. The van der Waals surface area contributed by atoms with Gasteiger partial charge in [-0.2, -0.15) is 0 Å². The van der Waals surface area contributed by atoms with Crippen LogP contribution in [0.25, 0.3) is 0 Å². The van der Waals surface area contributed by atoms with Gasteiger partial charge in [-0.3, -0.25) is 9.88 Å². The predicted octanol–water partition coefficient (Wildman–Crippen LogP) is 4.00. The molecule has 5 rings (SSSR count). The van der Waals surface area contributed by atoms with Gasteiger partial charge in [-0.15, -0.1) is 10.2 Å². The fourth-order valence-electron chi connectivity index (χ4n) is 5.60. The lowest BCUT2D eigenvalue weighted by atomic mass is 10.1. The third-order valence-corrected chi connectivity index (χ3v) is 7.48. The van der Waals surface area contributed by atoms with Gasteiger partial charge in [-0.25, -0.2) is 9.37 Å². The predicted molar refractivity (Wildman–Crippen MR) is 149 cm³/mol. The highest BCUT2D eigenvalue weighted by molar-refractivity contribution is 5.50. The summed E-state index contributed by atoms with van der Waals surface area (Å²) in [7, 11) is 0. The fraction of sp³-hybridized carbons (Fsp3) is 0.517. The van der Waals surface area contributed by atoms with Crippen LogP contribution < -0.4 is 19.7 Å². The maximum Gasteiger partial charge on any atom is 0.282 e. The quantitative estimate of drug-likeness (QED) is 0.379. The first kappa shape index (κ1) is 28.1. The molecular formula is C29H38FN7O3. The molecule has 1 saturated heterocycles. The van der Waals surface area contributed by atoms with Crippen molar-refractivity contribution >= 4 is 5.82 Å². The van der Waals surface area contributed by atoms with E-state index in [-0.39, 0.29) is 24.1 Å². The first-order valence-corrected chi connectivity index (χ1v) is 14.0. The van der Waals surface area contributed by atoms with Gasteiger partial charge in [0.15, 0.2) is 5.82 Å². The Labute approximate surface area is 234 Å². The second-order valence-electron chi connectivity index (χ2n) is 10.8. The summed E-state index contributed by atoms with van der Waals surface area (Å²) in [4.78, 5) is 13.0. The van der Waals surface area contributed by atoms with Crippen LogP contribution in [0.2, 0.25) is 0 Å². The Morgan fingerprint density at radius 3 is 2.60 bits per heavy atom.